The highest BCUT2D eigenvalue weighted by Gasteiger charge is 2.18. The fourth-order valence-corrected chi connectivity index (χ4v) is 1.61. The number of aromatic nitrogens is 1. The third-order valence-corrected chi connectivity index (χ3v) is 2.51. The Balaban J connectivity index is 2.44. The number of nitrogens with zero attached hydrogens (tertiary/aromatic N) is 2. The van der Waals surface area contributed by atoms with Gasteiger partial charge >= 0.3 is 5.97 Å². The minimum absolute atomic E-state index is 0.141. The lowest BCUT2D eigenvalue weighted by Crippen LogP contribution is -2.12. The van der Waals surface area contributed by atoms with Crippen LogP contribution in [0.3, 0.4) is 0 Å². The molecule has 1 aromatic heterocycles. The number of esters is 1. The Morgan fingerprint density at radius 3 is 2.67 bits per heavy atom. The van der Waals surface area contributed by atoms with Gasteiger partial charge < -0.3 is 9.84 Å². The van der Waals surface area contributed by atoms with Crippen LogP contribution in [0.5, 0.6) is 5.88 Å². The number of hydrogen-bond donors (Lipinski definition) is 2. The Labute approximate surface area is 119 Å². The maximum Gasteiger partial charge on any atom is 0.340 e. The van der Waals surface area contributed by atoms with Crippen molar-refractivity contribution in [3.8, 4) is 5.88 Å². The third kappa shape index (κ3) is 3.53. The van der Waals surface area contributed by atoms with E-state index < -0.39 is 17.4 Å². The van der Waals surface area contributed by atoms with E-state index in [1.807, 2.05) is 6.07 Å². The van der Waals surface area contributed by atoms with E-state index >= 15 is 0 Å². The van der Waals surface area contributed by atoms with E-state index in [1.54, 1.807) is 31.2 Å². The second-order valence-corrected chi connectivity index (χ2v) is 4.00. The van der Waals surface area contributed by atoms with Crippen LogP contribution in [0.25, 0.3) is 0 Å². The number of aromatic hydroxyl groups is 1. The van der Waals surface area contributed by atoms with Gasteiger partial charge in [-0.1, -0.05) is 18.2 Å². The number of hydrogen-bond acceptors (Lipinski definition) is 6. The topological polar surface area (TPSA) is 104 Å². The number of benzene rings is 1. The Hall–Kier alpha value is -2.96. The maximum absolute atomic E-state index is 11.8. The molecule has 0 bridgehead atoms. The van der Waals surface area contributed by atoms with Crippen LogP contribution in [0, 0.1) is 0 Å². The number of carbonyl (C=O) groups excluding carboxylic acids is 1. The van der Waals surface area contributed by atoms with Crippen molar-refractivity contribution < 1.29 is 14.6 Å². The van der Waals surface area contributed by atoms with Crippen LogP contribution in [0.2, 0.25) is 0 Å². The fraction of sp³-hybridized carbons (Fsp3) is 0.143. The van der Waals surface area contributed by atoms with E-state index in [4.69, 9.17) is 4.74 Å². The minimum Gasteiger partial charge on any atom is -0.493 e. The SMILES string of the molecule is CCOC(=O)c1cc(=O)[nH]c(O)c1N=Nc1ccccc1. The molecule has 0 aliphatic carbocycles. The summed E-state index contributed by atoms with van der Waals surface area (Å²) in [6, 6.07) is 9.78. The van der Waals surface area contributed by atoms with E-state index in [9.17, 15) is 14.7 Å². The smallest absolute Gasteiger partial charge is 0.340 e. The van der Waals surface area contributed by atoms with Crippen molar-refractivity contribution in [1.29, 1.82) is 0 Å². The Morgan fingerprint density at radius 2 is 2.00 bits per heavy atom. The average molecular weight is 287 g/mol. The van der Waals surface area contributed by atoms with Crippen LogP contribution in [0.15, 0.2) is 51.4 Å². The highest BCUT2D eigenvalue weighted by molar-refractivity contribution is 5.95. The summed E-state index contributed by atoms with van der Waals surface area (Å²) in [5.41, 5.74) is -0.373. The molecule has 7 nitrogen and oxygen atoms in total. The first kappa shape index (κ1) is 14.4. The molecule has 0 aliphatic rings. The summed E-state index contributed by atoms with van der Waals surface area (Å²) in [7, 11) is 0. The zero-order chi connectivity index (χ0) is 15.2. The van der Waals surface area contributed by atoms with Crippen LogP contribution in [0.4, 0.5) is 11.4 Å². The summed E-state index contributed by atoms with van der Waals surface area (Å²) in [5.74, 6) is -1.29. The molecule has 0 radical (unpaired) electrons. The monoisotopic (exact) mass is 287 g/mol. The van der Waals surface area contributed by atoms with Gasteiger partial charge in [0.25, 0.3) is 5.56 Å². The van der Waals surface area contributed by atoms with Gasteiger partial charge in [0, 0.05) is 6.07 Å². The molecule has 0 fully saturated rings. The molecule has 2 N–H and O–H groups in total. The van der Waals surface area contributed by atoms with E-state index in [0.29, 0.717) is 5.69 Å². The van der Waals surface area contributed by atoms with Crippen molar-refractivity contribution in [2.75, 3.05) is 6.61 Å². The summed E-state index contributed by atoms with van der Waals surface area (Å²) in [6.07, 6.45) is 0. The first-order valence-corrected chi connectivity index (χ1v) is 6.22. The number of azo groups is 1. The molecular formula is C14H13N3O4. The summed E-state index contributed by atoms with van der Waals surface area (Å²) in [4.78, 5) is 25.3. The minimum atomic E-state index is -0.749. The van der Waals surface area contributed by atoms with Crippen LogP contribution >= 0.6 is 0 Å². The Morgan fingerprint density at radius 1 is 1.29 bits per heavy atom. The van der Waals surface area contributed by atoms with Gasteiger partial charge in [-0.2, -0.15) is 5.11 Å². The van der Waals surface area contributed by atoms with Crippen molar-refractivity contribution in [2.24, 2.45) is 10.2 Å². The zero-order valence-corrected chi connectivity index (χ0v) is 11.2. The van der Waals surface area contributed by atoms with Crippen molar-refractivity contribution in [3.05, 3.63) is 52.3 Å². The summed E-state index contributed by atoms with van der Waals surface area (Å²) < 4.78 is 4.83. The van der Waals surface area contributed by atoms with Crippen LogP contribution in [-0.2, 0) is 4.74 Å². The molecule has 2 aromatic rings. The number of nitrogens with one attached hydrogen (secondary N) is 1. The van der Waals surface area contributed by atoms with Gasteiger partial charge in [0.05, 0.1) is 17.9 Å². The molecular weight excluding hydrogens is 274 g/mol. The van der Waals surface area contributed by atoms with Gasteiger partial charge in [0.1, 0.15) is 0 Å². The molecule has 0 saturated heterocycles. The van der Waals surface area contributed by atoms with Gasteiger partial charge in [-0.05, 0) is 19.1 Å². The van der Waals surface area contributed by atoms with Gasteiger partial charge in [-0.3, -0.25) is 9.78 Å². The lowest BCUT2D eigenvalue weighted by molar-refractivity contribution is 0.0526. The van der Waals surface area contributed by atoms with Crippen LogP contribution in [-0.4, -0.2) is 22.7 Å². The first-order chi connectivity index (χ1) is 10.1. The predicted molar refractivity (Wildman–Crippen MR) is 75.3 cm³/mol. The van der Waals surface area contributed by atoms with Gasteiger partial charge in [0.2, 0.25) is 5.88 Å². The molecule has 1 aromatic carbocycles. The lowest BCUT2D eigenvalue weighted by atomic mass is 10.2. The number of ether oxygens (including phenoxy) is 1. The molecule has 0 spiro atoms. The fourth-order valence-electron chi connectivity index (χ4n) is 1.61. The Kier molecular flexibility index (Phi) is 4.45. The number of carbonyl (C=O) groups is 1. The van der Waals surface area contributed by atoms with Crippen molar-refractivity contribution >= 4 is 17.3 Å². The molecule has 0 amide bonds. The largest absolute Gasteiger partial charge is 0.493 e. The van der Waals surface area contributed by atoms with E-state index in [-0.39, 0.29) is 17.9 Å². The summed E-state index contributed by atoms with van der Waals surface area (Å²) in [6.45, 7) is 1.78. The maximum atomic E-state index is 11.8. The molecule has 0 saturated carbocycles. The van der Waals surface area contributed by atoms with Crippen molar-refractivity contribution in [1.82, 2.24) is 4.98 Å². The third-order valence-electron chi connectivity index (χ3n) is 2.51. The van der Waals surface area contributed by atoms with Gasteiger partial charge in [0.15, 0.2) is 5.69 Å². The average Bonchev–Trinajstić information content (AvgIpc) is 2.47. The highest BCUT2D eigenvalue weighted by atomic mass is 16.5. The molecule has 0 unspecified atom stereocenters. The molecule has 108 valence electrons. The molecule has 7 heteroatoms. The molecule has 0 atom stereocenters. The predicted octanol–water partition coefficient (Wildman–Crippen LogP) is 2.67. The number of pyridine rings is 1. The number of aromatic amines is 1. The lowest BCUT2D eigenvalue weighted by Gasteiger charge is -2.05. The van der Waals surface area contributed by atoms with Crippen LogP contribution < -0.4 is 5.56 Å². The number of H-pyrrole nitrogens is 1. The summed E-state index contributed by atoms with van der Waals surface area (Å²) in [5, 5.41) is 17.5. The van der Waals surface area contributed by atoms with Crippen molar-refractivity contribution in [3.63, 3.8) is 0 Å². The van der Waals surface area contributed by atoms with E-state index in [1.165, 1.54) is 0 Å². The molecule has 2 rings (SSSR count). The molecule has 1 heterocycles. The Bertz CT molecular complexity index is 723. The van der Waals surface area contributed by atoms with E-state index in [2.05, 4.69) is 15.2 Å². The molecule has 21 heavy (non-hydrogen) atoms. The van der Waals surface area contributed by atoms with Crippen LogP contribution in [0.1, 0.15) is 17.3 Å². The summed E-state index contributed by atoms with van der Waals surface area (Å²) >= 11 is 0. The highest BCUT2D eigenvalue weighted by Crippen LogP contribution is 2.29. The standard InChI is InChI=1S/C14H13N3O4/c1-2-21-14(20)10-8-11(18)15-13(19)12(10)17-16-9-6-4-3-5-7-9/h3-8H,2H2,1H3,(H2,15,18,19). The van der Waals surface area contributed by atoms with Crippen molar-refractivity contribution in [2.45, 2.75) is 6.92 Å². The molecule has 0 aliphatic heterocycles. The second kappa shape index (κ2) is 6.47. The quantitative estimate of drug-likeness (QED) is 0.666. The first-order valence-electron chi connectivity index (χ1n) is 6.22. The second-order valence-electron chi connectivity index (χ2n) is 4.00. The zero-order valence-electron chi connectivity index (χ0n) is 11.2. The number of rotatable bonds is 4. The van der Waals surface area contributed by atoms with Gasteiger partial charge in [-0.25, -0.2) is 4.79 Å². The van der Waals surface area contributed by atoms with Gasteiger partial charge in [-0.15, -0.1) is 5.11 Å². The van der Waals surface area contributed by atoms with E-state index in [0.717, 1.165) is 6.07 Å². The normalized spacial score (nSPS) is 10.7.